The molecule has 0 aromatic heterocycles. The van der Waals surface area contributed by atoms with Crippen molar-refractivity contribution in [2.45, 2.75) is 331 Å². The summed E-state index contributed by atoms with van der Waals surface area (Å²) in [5, 5.41) is 87.4. The molecule has 0 saturated carbocycles. The maximum atomic E-state index is 13.3. The number of carbonyl (C=O) groups is 1. The molecular weight excluding hydrogens is 1180 g/mol. The SMILES string of the molecule is CC/C=C\C/C=C\C/C=C\C/C=C\C/C=C\C/C=C\C/C=C\C/C=C\C/C=C\C/C=C\CCCCCCCCCCCCC(=O)NC(COC1OC(CO)C(OC2OC(CO)C(O)C(O)C2O)C(O)C1O)C(O)/C=C/CC/C=C/CCCCCCCCCCCCCCC. The van der Waals surface area contributed by atoms with Gasteiger partial charge in [0.25, 0.3) is 0 Å². The number of rotatable bonds is 59. The van der Waals surface area contributed by atoms with Gasteiger partial charge in [0.15, 0.2) is 12.6 Å². The van der Waals surface area contributed by atoms with Gasteiger partial charge in [-0.1, -0.05) is 288 Å². The third kappa shape index (κ3) is 45.4. The molecule has 0 aliphatic carbocycles. The Hall–Kier alpha value is -4.13. The lowest BCUT2D eigenvalue weighted by Gasteiger charge is -2.46. The molecule has 2 rings (SSSR count). The maximum Gasteiger partial charge on any atom is 0.220 e. The summed E-state index contributed by atoms with van der Waals surface area (Å²) in [5.74, 6) is -0.258. The number of carbonyl (C=O) groups excluding carboxylic acids is 1. The molecule has 536 valence electrons. The Morgan fingerprint density at radius 2 is 0.745 bits per heavy atom. The average molecular weight is 1320 g/mol. The number of nitrogens with one attached hydrogen (secondary N) is 1. The first-order chi connectivity index (χ1) is 46.1. The zero-order valence-electron chi connectivity index (χ0n) is 58.4. The normalized spacial score (nSPS) is 23.3. The van der Waals surface area contributed by atoms with Crippen molar-refractivity contribution in [2.24, 2.45) is 0 Å². The molecule has 1 amide bonds. The summed E-state index contributed by atoms with van der Waals surface area (Å²) in [6.07, 6.45) is 77.6. The summed E-state index contributed by atoms with van der Waals surface area (Å²) in [5.41, 5.74) is 0. The highest BCUT2D eigenvalue weighted by atomic mass is 16.7. The molecule has 2 heterocycles. The van der Waals surface area contributed by atoms with Crippen LogP contribution in [0.15, 0.2) is 146 Å². The number of amides is 1. The van der Waals surface area contributed by atoms with Crippen LogP contribution in [0.2, 0.25) is 0 Å². The van der Waals surface area contributed by atoms with Gasteiger partial charge in [-0.15, -0.1) is 0 Å². The van der Waals surface area contributed by atoms with Gasteiger partial charge in [0.2, 0.25) is 5.91 Å². The van der Waals surface area contributed by atoms with Crippen LogP contribution < -0.4 is 5.32 Å². The minimum atomic E-state index is -1.80. The van der Waals surface area contributed by atoms with E-state index in [1.165, 1.54) is 122 Å². The highest BCUT2D eigenvalue weighted by Crippen LogP contribution is 2.30. The molecule has 0 aromatic carbocycles. The van der Waals surface area contributed by atoms with Crippen LogP contribution in [0, 0.1) is 0 Å². The van der Waals surface area contributed by atoms with Crippen molar-refractivity contribution in [1.29, 1.82) is 0 Å². The summed E-state index contributed by atoms with van der Waals surface area (Å²) in [7, 11) is 0. The van der Waals surface area contributed by atoms with Crippen molar-refractivity contribution < 1.29 is 64.6 Å². The number of ether oxygens (including phenoxy) is 4. The monoisotopic (exact) mass is 1320 g/mol. The summed E-state index contributed by atoms with van der Waals surface area (Å²) >= 11 is 0. The molecule has 2 fully saturated rings. The fraction of sp³-hybridized carbons (Fsp3) is 0.688. The predicted molar refractivity (Wildman–Crippen MR) is 387 cm³/mol. The first kappa shape index (κ1) is 86.0. The average Bonchev–Trinajstić information content (AvgIpc) is 0.794. The van der Waals surface area contributed by atoms with Crippen molar-refractivity contribution in [3.05, 3.63) is 146 Å². The zero-order valence-corrected chi connectivity index (χ0v) is 58.4. The maximum absolute atomic E-state index is 13.3. The van der Waals surface area contributed by atoms with Crippen LogP contribution in [0.25, 0.3) is 0 Å². The highest BCUT2D eigenvalue weighted by molar-refractivity contribution is 5.76. The van der Waals surface area contributed by atoms with Gasteiger partial charge < -0.3 is 65.1 Å². The van der Waals surface area contributed by atoms with Gasteiger partial charge in [0, 0.05) is 6.42 Å². The highest BCUT2D eigenvalue weighted by Gasteiger charge is 2.51. The van der Waals surface area contributed by atoms with Gasteiger partial charge in [-0.05, 0) is 109 Å². The lowest BCUT2D eigenvalue weighted by Crippen LogP contribution is -2.65. The van der Waals surface area contributed by atoms with Crippen LogP contribution in [-0.2, 0) is 23.7 Å². The van der Waals surface area contributed by atoms with Gasteiger partial charge in [-0.25, -0.2) is 0 Å². The molecule has 9 N–H and O–H groups in total. The Labute approximate surface area is 570 Å². The van der Waals surface area contributed by atoms with E-state index >= 15 is 0 Å². The second-order valence-corrected chi connectivity index (χ2v) is 25.3. The quantitative estimate of drug-likeness (QED) is 0.0204. The fourth-order valence-electron chi connectivity index (χ4n) is 11.2. The molecule has 0 bridgehead atoms. The van der Waals surface area contributed by atoms with Gasteiger partial charge >= 0.3 is 0 Å². The molecule has 94 heavy (non-hydrogen) atoms. The van der Waals surface area contributed by atoms with Crippen LogP contribution in [0.5, 0.6) is 0 Å². The van der Waals surface area contributed by atoms with Gasteiger partial charge in [-0.2, -0.15) is 0 Å². The van der Waals surface area contributed by atoms with E-state index in [2.05, 4.69) is 153 Å². The van der Waals surface area contributed by atoms with Crippen molar-refractivity contribution in [3.63, 3.8) is 0 Å². The fourth-order valence-corrected chi connectivity index (χ4v) is 11.2. The molecule has 0 spiro atoms. The first-order valence-corrected chi connectivity index (χ1v) is 37.1. The molecular formula is C80H133NO13. The second kappa shape index (κ2) is 62.4. The molecule has 2 aliphatic heterocycles. The van der Waals surface area contributed by atoms with Crippen molar-refractivity contribution in [3.8, 4) is 0 Å². The Balaban J connectivity index is 1.64. The van der Waals surface area contributed by atoms with Crippen LogP contribution in [0.1, 0.15) is 258 Å². The minimum absolute atomic E-state index is 0.258. The van der Waals surface area contributed by atoms with E-state index in [9.17, 15) is 45.6 Å². The second-order valence-electron chi connectivity index (χ2n) is 25.3. The molecule has 0 aromatic rings. The lowest BCUT2D eigenvalue weighted by molar-refractivity contribution is -0.359. The first-order valence-electron chi connectivity index (χ1n) is 37.1. The van der Waals surface area contributed by atoms with E-state index in [0.717, 1.165) is 103 Å². The van der Waals surface area contributed by atoms with Gasteiger partial charge in [0.05, 0.1) is 32.0 Å². The Morgan fingerprint density at radius 3 is 1.17 bits per heavy atom. The smallest absolute Gasteiger partial charge is 0.220 e. The third-order valence-electron chi connectivity index (χ3n) is 17.0. The number of hydrogen-bond acceptors (Lipinski definition) is 13. The minimum Gasteiger partial charge on any atom is -0.394 e. The van der Waals surface area contributed by atoms with E-state index in [4.69, 9.17) is 18.9 Å². The third-order valence-corrected chi connectivity index (χ3v) is 17.0. The largest absolute Gasteiger partial charge is 0.394 e. The van der Waals surface area contributed by atoms with E-state index in [0.29, 0.717) is 12.8 Å². The molecule has 14 heteroatoms. The molecule has 0 radical (unpaired) electrons. The van der Waals surface area contributed by atoms with Crippen molar-refractivity contribution in [2.75, 3.05) is 19.8 Å². The number of hydrogen-bond donors (Lipinski definition) is 9. The molecule has 12 unspecified atom stereocenters. The summed E-state index contributed by atoms with van der Waals surface area (Å²) in [6.45, 7) is 2.67. The Kier molecular flexibility index (Phi) is 57.1. The zero-order chi connectivity index (χ0) is 68.0. The summed E-state index contributed by atoms with van der Waals surface area (Å²) in [4.78, 5) is 13.3. The van der Waals surface area contributed by atoms with Crippen LogP contribution in [-0.4, -0.2) is 140 Å². The number of unbranched alkanes of at least 4 members (excludes halogenated alkanes) is 24. The van der Waals surface area contributed by atoms with Crippen LogP contribution in [0.4, 0.5) is 0 Å². The predicted octanol–water partition coefficient (Wildman–Crippen LogP) is 16.0. The lowest BCUT2D eigenvalue weighted by atomic mass is 9.97. The van der Waals surface area contributed by atoms with E-state index < -0.39 is 86.8 Å². The Morgan fingerprint density at radius 1 is 0.394 bits per heavy atom. The molecule has 14 nitrogen and oxygen atoms in total. The summed E-state index contributed by atoms with van der Waals surface area (Å²) < 4.78 is 22.8. The van der Waals surface area contributed by atoms with Gasteiger partial charge in [0.1, 0.15) is 48.8 Å². The molecule has 2 saturated heterocycles. The summed E-state index contributed by atoms with van der Waals surface area (Å²) in [6, 6.07) is -0.944. The van der Waals surface area contributed by atoms with E-state index in [1.54, 1.807) is 6.08 Å². The van der Waals surface area contributed by atoms with Gasteiger partial charge in [-0.3, -0.25) is 4.79 Å². The standard InChI is InChI=1S/C80H133NO13/c1-3-5-7-9-11-13-15-17-19-21-23-24-25-26-27-28-29-30-31-32-33-34-35-36-37-38-39-40-41-42-43-44-46-48-50-52-54-56-58-60-62-64-72(85)81-68(69(84)63-61-59-57-55-53-51-49-47-45-22-20-18-16-14-12-10-8-6-4-2)67-91-79-77(90)75(88)78(71(66-83)93-79)94-80-76(89)74(87)73(86)70(65-82)92-80/h5,7,11,13,17,19,23-24,26-27,29-30,32-33,35-36,38-39,41-42,53,55,61,63,68-71,73-80,82-84,86-90H,3-4,6,8-10,12,14-16,18,20-22,25,28,31,34,37,40,43-52,54,56-60,62,64-67H2,1-2H3,(H,81,85)/b7-5-,13-11-,19-17-,24-23-,27-26-,30-29-,33-32-,36-35-,39-38-,42-41-,55-53+,63-61+. The van der Waals surface area contributed by atoms with Crippen molar-refractivity contribution in [1.82, 2.24) is 5.32 Å². The van der Waals surface area contributed by atoms with Crippen LogP contribution >= 0.6 is 0 Å². The van der Waals surface area contributed by atoms with E-state index in [-0.39, 0.29) is 18.9 Å². The topological polar surface area (TPSA) is 228 Å². The van der Waals surface area contributed by atoms with Crippen molar-refractivity contribution >= 4 is 5.91 Å². The van der Waals surface area contributed by atoms with E-state index in [1.807, 2.05) is 6.08 Å². The number of allylic oxidation sites excluding steroid dienone is 23. The Bertz CT molecular complexity index is 2140. The molecule has 2 aliphatic rings. The number of aliphatic hydroxyl groups excluding tert-OH is 8. The van der Waals surface area contributed by atoms with Crippen LogP contribution in [0.3, 0.4) is 0 Å². The number of aliphatic hydroxyl groups is 8. The molecule has 12 atom stereocenters.